The zero-order chi connectivity index (χ0) is 21.9. The van der Waals surface area contributed by atoms with Crippen molar-refractivity contribution in [2.75, 3.05) is 51.2 Å². The van der Waals surface area contributed by atoms with Crippen LogP contribution in [0.4, 0.5) is 10.5 Å². The van der Waals surface area contributed by atoms with Crippen molar-refractivity contribution >= 4 is 17.7 Å². The summed E-state index contributed by atoms with van der Waals surface area (Å²) in [5.74, 6) is -0.139. The van der Waals surface area contributed by atoms with Crippen molar-refractivity contribution in [2.24, 2.45) is 0 Å². The first-order valence-electron chi connectivity index (χ1n) is 10.9. The van der Waals surface area contributed by atoms with Gasteiger partial charge < -0.3 is 15.0 Å². The SMILES string of the molecule is CCOC(=O)Nc1cccc(C(=O)NCCCN2CCN(Cc3ccccc3)CC2)c1. The molecular weight excluding hydrogens is 392 g/mol. The van der Waals surface area contributed by atoms with Gasteiger partial charge in [0.1, 0.15) is 0 Å². The number of nitrogens with one attached hydrogen (secondary N) is 2. The van der Waals surface area contributed by atoms with Gasteiger partial charge in [-0.3, -0.25) is 15.0 Å². The lowest BCUT2D eigenvalue weighted by molar-refractivity contribution is 0.0947. The topological polar surface area (TPSA) is 73.9 Å². The maximum Gasteiger partial charge on any atom is 0.411 e. The fourth-order valence-corrected chi connectivity index (χ4v) is 3.64. The highest BCUT2D eigenvalue weighted by molar-refractivity contribution is 5.96. The number of anilines is 1. The predicted molar refractivity (Wildman–Crippen MR) is 122 cm³/mol. The first kappa shape index (κ1) is 22.8. The van der Waals surface area contributed by atoms with Crippen molar-refractivity contribution < 1.29 is 14.3 Å². The molecule has 0 aromatic heterocycles. The first-order valence-corrected chi connectivity index (χ1v) is 10.9. The molecule has 1 aliphatic rings. The highest BCUT2D eigenvalue weighted by Gasteiger charge is 2.16. The summed E-state index contributed by atoms with van der Waals surface area (Å²) in [5.41, 5.74) is 2.42. The van der Waals surface area contributed by atoms with E-state index in [1.165, 1.54) is 5.56 Å². The average Bonchev–Trinajstić information content (AvgIpc) is 2.79. The van der Waals surface area contributed by atoms with Crippen molar-refractivity contribution in [2.45, 2.75) is 19.9 Å². The molecule has 31 heavy (non-hydrogen) atoms. The minimum absolute atomic E-state index is 0.139. The van der Waals surface area contributed by atoms with Crippen LogP contribution < -0.4 is 10.6 Å². The van der Waals surface area contributed by atoms with E-state index in [1.54, 1.807) is 31.2 Å². The molecule has 1 fully saturated rings. The Bertz CT molecular complexity index is 836. The fourth-order valence-electron chi connectivity index (χ4n) is 3.64. The second-order valence-corrected chi connectivity index (χ2v) is 7.64. The van der Waals surface area contributed by atoms with Gasteiger partial charge in [0.25, 0.3) is 5.91 Å². The number of hydrogen-bond donors (Lipinski definition) is 2. The Balaban J connectivity index is 1.33. The van der Waals surface area contributed by atoms with E-state index in [0.29, 0.717) is 24.4 Å². The third-order valence-electron chi connectivity index (χ3n) is 5.30. The monoisotopic (exact) mass is 424 g/mol. The lowest BCUT2D eigenvalue weighted by atomic mass is 10.2. The Morgan fingerprint density at radius 2 is 1.71 bits per heavy atom. The van der Waals surface area contributed by atoms with Gasteiger partial charge in [-0.15, -0.1) is 0 Å². The van der Waals surface area contributed by atoms with Crippen LogP contribution in [0.3, 0.4) is 0 Å². The maximum atomic E-state index is 12.4. The molecule has 7 heteroatoms. The summed E-state index contributed by atoms with van der Waals surface area (Å²) >= 11 is 0. The number of carbonyl (C=O) groups is 2. The Morgan fingerprint density at radius 1 is 0.968 bits per heavy atom. The lowest BCUT2D eigenvalue weighted by Gasteiger charge is -2.34. The Hall–Kier alpha value is -2.90. The third-order valence-corrected chi connectivity index (χ3v) is 5.30. The van der Waals surface area contributed by atoms with Gasteiger partial charge >= 0.3 is 6.09 Å². The highest BCUT2D eigenvalue weighted by atomic mass is 16.5. The van der Waals surface area contributed by atoms with E-state index in [-0.39, 0.29) is 5.91 Å². The summed E-state index contributed by atoms with van der Waals surface area (Å²) in [4.78, 5) is 28.9. The number of nitrogens with zero attached hydrogens (tertiary/aromatic N) is 2. The van der Waals surface area contributed by atoms with Crippen LogP contribution in [0.5, 0.6) is 0 Å². The molecule has 0 bridgehead atoms. The number of ether oxygens (including phenoxy) is 1. The number of rotatable bonds is 9. The van der Waals surface area contributed by atoms with Gasteiger partial charge in [-0.2, -0.15) is 0 Å². The molecule has 7 nitrogen and oxygen atoms in total. The van der Waals surface area contributed by atoms with Crippen LogP contribution >= 0.6 is 0 Å². The van der Waals surface area contributed by atoms with E-state index >= 15 is 0 Å². The molecule has 3 rings (SSSR count). The number of amides is 2. The minimum atomic E-state index is -0.524. The van der Waals surface area contributed by atoms with Crippen molar-refractivity contribution in [3.05, 3.63) is 65.7 Å². The van der Waals surface area contributed by atoms with Gasteiger partial charge in [-0.1, -0.05) is 36.4 Å². The first-order chi connectivity index (χ1) is 15.1. The van der Waals surface area contributed by atoms with E-state index in [1.807, 2.05) is 0 Å². The second-order valence-electron chi connectivity index (χ2n) is 7.64. The molecule has 1 aliphatic heterocycles. The highest BCUT2D eigenvalue weighted by Crippen LogP contribution is 2.11. The molecule has 1 heterocycles. The Morgan fingerprint density at radius 3 is 2.45 bits per heavy atom. The molecule has 1 saturated heterocycles. The van der Waals surface area contributed by atoms with E-state index in [4.69, 9.17) is 4.74 Å². The van der Waals surface area contributed by atoms with Crippen LogP contribution in [0.25, 0.3) is 0 Å². The molecule has 0 unspecified atom stereocenters. The number of piperazine rings is 1. The molecule has 0 saturated carbocycles. The molecule has 0 spiro atoms. The van der Waals surface area contributed by atoms with Gasteiger partial charge in [-0.25, -0.2) is 4.79 Å². The number of benzene rings is 2. The lowest BCUT2D eigenvalue weighted by Crippen LogP contribution is -2.46. The van der Waals surface area contributed by atoms with Crippen LogP contribution in [0, 0.1) is 0 Å². The smallest absolute Gasteiger partial charge is 0.411 e. The van der Waals surface area contributed by atoms with Crippen LogP contribution in [0.15, 0.2) is 54.6 Å². The molecule has 0 aliphatic carbocycles. The second kappa shape index (κ2) is 12.1. The normalized spacial score (nSPS) is 14.7. The van der Waals surface area contributed by atoms with E-state index in [2.05, 4.69) is 50.8 Å². The summed E-state index contributed by atoms with van der Waals surface area (Å²) in [7, 11) is 0. The fraction of sp³-hybridized carbons (Fsp3) is 0.417. The predicted octanol–water partition coefficient (Wildman–Crippen LogP) is 3.19. The summed E-state index contributed by atoms with van der Waals surface area (Å²) in [5, 5.41) is 5.58. The Labute approximate surface area is 184 Å². The van der Waals surface area contributed by atoms with Gasteiger partial charge in [0.15, 0.2) is 0 Å². The van der Waals surface area contributed by atoms with Gasteiger partial charge in [0.2, 0.25) is 0 Å². The van der Waals surface area contributed by atoms with E-state index < -0.39 is 6.09 Å². The van der Waals surface area contributed by atoms with Crippen molar-refractivity contribution in [1.29, 1.82) is 0 Å². The van der Waals surface area contributed by atoms with Gasteiger partial charge in [0.05, 0.1) is 6.61 Å². The van der Waals surface area contributed by atoms with Crippen molar-refractivity contribution in [3.8, 4) is 0 Å². The van der Waals surface area contributed by atoms with Crippen LogP contribution in [0.2, 0.25) is 0 Å². The summed E-state index contributed by atoms with van der Waals surface area (Å²) in [6, 6.07) is 17.4. The van der Waals surface area contributed by atoms with Gasteiger partial charge in [0, 0.05) is 50.5 Å². The molecule has 2 aromatic carbocycles. The average molecular weight is 425 g/mol. The zero-order valence-corrected chi connectivity index (χ0v) is 18.2. The molecule has 0 atom stereocenters. The molecular formula is C24H32N4O3. The quantitative estimate of drug-likeness (QED) is 0.605. The molecule has 2 N–H and O–H groups in total. The molecule has 2 amide bonds. The zero-order valence-electron chi connectivity index (χ0n) is 18.2. The standard InChI is InChI=1S/C24H32N4O3/c1-2-31-24(30)26-22-11-6-10-21(18-22)23(29)25-12-7-13-27-14-16-28(17-15-27)19-20-8-4-3-5-9-20/h3-6,8-11,18H,2,7,12-17,19H2,1H3,(H,25,29)(H,26,30). The maximum absolute atomic E-state index is 12.4. The summed E-state index contributed by atoms with van der Waals surface area (Å²) in [6.45, 7) is 8.91. The summed E-state index contributed by atoms with van der Waals surface area (Å²) < 4.78 is 4.86. The van der Waals surface area contributed by atoms with Crippen molar-refractivity contribution in [1.82, 2.24) is 15.1 Å². The number of hydrogen-bond acceptors (Lipinski definition) is 5. The van der Waals surface area contributed by atoms with Gasteiger partial charge in [-0.05, 0) is 43.7 Å². The molecule has 2 aromatic rings. The molecule has 166 valence electrons. The summed E-state index contributed by atoms with van der Waals surface area (Å²) in [6.07, 6.45) is 0.384. The van der Waals surface area contributed by atoms with Crippen molar-refractivity contribution in [3.63, 3.8) is 0 Å². The van der Waals surface area contributed by atoms with Crippen LogP contribution in [-0.2, 0) is 11.3 Å². The number of carbonyl (C=O) groups excluding carboxylic acids is 2. The van der Waals surface area contributed by atoms with E-state index in [0.717, 1.165) is 45.7 Å². The largest absolute Gasteiger partial charge is 0.450 e. The van der Waals surface area contributed by atoms with E-state index in [9.17, 15) is 9.59 Å². The minimum Gasteiger partial charge on any atom is -0.450 e. The Kier molecular flexibility index (Phi) is 8.87. The third kappa shape index (κ3) is 7.70. The van der Waals surface area contributed by atoms with Crippen LogP contribution in [-0.4, -0.2) is 67.7 Å². The van der Waals surface area contributed by atoms with Crippen LogP contribution in [0.1, 0.15) is 29.3 Å². The molecule has 0 radical (unpaired) electrons.